The number of nitrogens with two attached hydrogens (primary N) is 1. The zero-order valence-corrected chi connectivity index (χ0v) is 11.7. The van der Waals surface area contributed by atoms with Gasteiger partial charge < -0.3 is 10.6 Å². The van der Waals surface area contributed by atoms with Crippen LogP contribution in [0.3, 0.4) is 0 Å². The Labute approximate surface area is 112 Å². The second-order valence-corrected chi connectivity index (χ2v) is 6.61. The Hall–Kier alpha value is -0.120. The van der Waals surface area contributed by atoms with Crippen LogP contribution in [0.2, 0.25) is 0 Å². The highest BCUT2D eigenvalue weighted by Gasteiger charge is 2.29. The van der Waals surface area contributed by atoms with E-state index in [0.717, 1.165) is 12.0 Å². The van der Waals surface area contributed by atoms with Crippen molar-refractivity contribution in [2.24, 2.45) is 11.7 Å². The molecule has 0 spiro atoms. The quantitative estimate of drug-likeness (QED) is 0.807. The molecule has 2 saturated carbocycles. The second-order valence-electron chi connectivity index (χ2n) is 6.61. The molecule has 0 aromatic carbocycles. The van der Waals surface area contributed by atoms with Gasteiger partial charge in [-0.3, -0.25) is 4.90 Å². The fourth-order valence-corrected chi connectivity index (χ4v) is 3.71. The largest absolute Gasteiger partial charge is 0.327 e. The van der Waals surface area contributed by atoms with Crippen LogP contribution in [-0.2, 0) is 0 Å². The summed E-state index contributed by atoms with van der Waals surface area (Å²) in [7, 11) is 0. The molecule has 104 valence electrons. The average Bonchev–Trinajstić information content (AvgIpc) is 3.12. The second kappa shape index (κ2) is 5.89. The fourth-order valence-electron chi connectivity index (χ4n) is 3.71. The molecule has 0 aromatic heterocycles. The van der Waals surface area contributed by atoms with Crippen LogP contribution in [0.15, 0.2) is 0 Å². The molecular formula is C15H29N3. The Morgan fingerprint density at radius 1 is 0.944 bits per heavy atom. The van der Waals surface area contributed by atoms with Crippen molar-refractivity contribution in [3.05, 3.63) is 0 Å². The van der Waals surface area contributed by atoms with Crippen LogP contribution in [0.4, 0.5) is 0 Å². The molecule has 0 aromatic rings. The molecular weight excluding hydrogens is 222 g/mol. The van der Waals surface area contributed by atoms with Gasteiger partial charge >= 0.3 is 0 Å². The van der Waals surface area contributed by atoms with Gasteiger partial charge in [0, 0.05) is 38.3 Å². The van der Waals surface area contributed by atoms with E-state index in [0.29, 0.717) is 6.04 Å². The number of nitrogens with zero attached hydrogens (tertiary/aromatic N) is 2. The van der Waals surface area contributed by atoms with Crippen molar-refractivity contribution in [1.82, 2.24) is 9.80 Å². The summed E-state index contributed by atoms with van der Waals surface area (Å²) >= 11 is 0. The Morgan fingerprint density at radius 3 is 2.22 bits per heavy atom. The molecule has 0 amide bonds. The van der Waals surface area contributed by atoms with Crippen LogP contribution in [0.1, 0.15) is 44.9 Å². The zero-order valence-electron chi connectivity index (χ0n) is 11.7. The van der Waals surface area contributed by atoms with Gasteiger partial charge in [0.2, 0.25) is 0 Å². The van der Waals surface area contributed by atoms with Crippen molar-refractivity contribution >= 4 is 0 Å². The first-order chi connectivity index (χ1) is 8.83. The molecule has 3 aliphatic rings. The van der Waals surface area contributed by atoms with Gasteiger partial charge in [-0.05, 0) is 44.6 Å². The Balaban J connectivity index is 1.34. The summed E-state index contributed by atoms with van der Waals surface area (Å²) in [4.78, 5) is 5.37. The van der Waals surface area contributed by atoms with Crippen molar-refractivity contribution in [1.29, 1.82) is 0 Å². The Morgan fingerprint density at radius 2 is 1.61 bits per heavy atom. The third-order valence-corrected chi connectivity index (χ3v) is 5.25. The molecule has 0 radical (unpaired) electrons. The highest BCUT2D eigenvalue weighted by atomic mass is 15.3. The molecule has 3 fully saturated rings. The van der Waals surface area contributed by atoms with E-state index in [1.54, 1.807) is 0 Å². The van der Waals surface area contributed by atoms with Crippen molar-refractivity contribution in [2.75, 3.05) is 32.7 Å². The van der Waals surface area contributed by atoms with E-state index in [2.05, 4.69) is 9.80 Å². The summed E-state index contributed by atoms with van der Waals surface area (Å²) in [6.45, 7) is 6.37. The minimum Gasteiger partial charge on any atom is -0.327 e. The fraction of sp³-hybridized carbons (Fsp3) is 1.00. The molecule has 2 N–H and O–H groups in total. The van der Waals surface area contributed by atoms with Crippen LogP contribution < -0.4 is 5.73 Å². The van der Waals surface area contributed by atoms with Gasteiger partial charge in [0.1, 0.15) is 0 Å². The third-order valence-electron chi connectivity index (χ3n) is 5.25. The summed E-state index contributed by atoms with van der Waals surface area (Å²) in [5.41, 5.74) is 6.19. The lowest BCUT2D eigenvalue weighted by Crippen LogP contribution is -2.50. The smallest absolute Gasteiger partial charge is 0.0113 e. The summed E-state index contributed by atoms with van der Waals surface area (Å²) in [6, 6.07) is 1.40. The van der Waals surface area contributed by atoms with Crippen molar-refractivity contribution < 1.29 is 0 Å². The highest BCUT2D eigenvalue weighted by Crippen LogP contribution is 2.32. The molecule has 0 bridgehead atoms. The molecule has 1 heterocycles. The lowest BCUT2D eigenvalue weighted by Gasteiger charge is -2.38. The van der Waals surface area contributed by atoms with E-state index in [1.807, 2.05) is 0 Å². The van der Waals surface area contributed by atoms with Crippen molar-refractivity contribution in [3.63, 3.8) is 0 Å². The minimum absolute atomic E-state index is 0.484. The number of hydrogen-bond donors (Lipinski definition) is 1. The monoisotopic (exact) mass is 251 g/mol. The van der Waals surface area contributed by atoms with Gasteiger partial charge in [0.25, 0.3) is 0 Å². The summed E-state index contributed by atoms with van der Waals surface area (Å²) in [6.07, 6.45) is 9.81. The minimum atomic E-state index is 0.484. The zero-order chi connectivity index (χ0) is 12.4. The number of piperazine rings is 1. The molecule has 3 nitrogen and oxygen atoms in total. The maximum absolute atomic E-state index is 6.19. The lowest BCUT2D eigenvalue weighted by molar-refractivity contribution is 0.0956. The van der Waals surface area contributed by atoms with Crippen LogP contribution in [0, 0.1) is 5.92 Å². The van der Waals surface area contributed by atoms with Gasteiger partial charge in [-0.15, -0.1) is 0 Å². The first kappa shape index (κ1) is 12.9. The van der Waals surface area contributed by atoms with E-state index < -0.39 is 0 Å². The van der Waals surface area contributed by atoms with E-state index in [1.165, 1.54) is 77.7 Å². The average molecular weight is 251 g/mol. The maximum Gasteiger partial charge on any atom is 0.0113 e. The van der Waals surface area contributed by atoms with Gasteiger partial charge in [-0.25, -0.2) is 0 Å². The maximum atomic E-state index is 6.19. The third kappa shape index (κ3) is 3.25. The molecule has 1 saturated heterocycles. The number of rotatable bonds is 5. The summed E-state index contributed by atoms with van der Waals surface area (Å²) in [5, 5.41) is 0. The van der Waals surface area contributed by atoms with Crippen LogP contribution in [0.5, 0.6) is 0 Å². The highest BCUT2D eigenvalue weighted by molar-refractivity contribution is 4.86. The lowest BCUT2D eigenvalue weighted by atomic mass is 10.1. The van der Waals surface area contributed by atoms with Gasteiger partial charge in [-0.2, -0.15) is 0 Å². The van der Waals surface area contributed by atoms with Crippen LogP contribution in [-0.4, -0.2) is 54.6 Å². The molecule has 2 aliphatic carbocycles. The van der Waals surface area contributed by atoms with Gasteiger partial charge in [-0.1, -0.05) is 12.8 Å². The van der Waals surface area contributed by atoms with Crippen molar-refractivity contribution in [3.8, 4) is 0 Å². The molecule has 1 atom stereocenters. The Bertz CT molecular complexity index is 250. The summed E-state index contributed by atoms with van der Waals surface area (Å²) in [5.74, 6) is 0.866. The molecule has 1 unspecified atom stereocenters. The predicted molar refractivity (Wildman–Crippen MR) is 75.6 cm³/mol. The standard InChI is InChI=1S/C15H29N3/c16-15(13-5-6-13)7-8-17-9-11-18(12-10-17)14-3-1-2-4-14/h13-15H,1-12,16H2. The van der Waals surface area contributed by atoms with Crippen molar-refractivity contribution in [2.45, 2.75) is 57.0 Å². The van der Waals surface area contributed by atoms with E-state index in [4.69, 9.17) is 5.73 Å². The predicted octanol–water partition coefficient (Wildman–Crippen LogP) is 1.67. The summed E-state index contributed by atoms with van der Waals surface area (Å²) < 4.78 is 0. The topological polar surface area (TPSA) is 32.5 Å². The Kier molecular flexibility index (Phi) is 4.22. The first-order valence-electron chi connectivity index (χ1n) is 8.05. The first-order valence-corrected chi connectivity index (χ1v) is 8.05. The van der Waals surface area contributed by atoms with Gasteiger partial charge in [0.15, 0.2) is 0 Å². The van der Waals surface area contributed by atoms with Gasteiger partial charge in [0.05, 0.1) is 0 Å². The van der Waals surface area contributed by atoms with E-state index in [-0.39, 0.29) is 0 Å². The normalized spacial score (nSPS) is 29.8. The van der Waals surface area contributed by atoms with Crippen LogP contribution >= 0.6 is 0 Å². The van der Waals surface area contributed by atoms with E-state index in [9.17, 15) is 0 Å². The molecule has 3 heteroatoms. The van der Waals surface area contributed by atoms with Crippen LogP contribution in [0.25, 0.3) is 0 Å². The molecule has 18 heavy (non-hydrogen) atoms. The van der Waals surface area contributed by atoms with E-state index >= 15 is 0 Å². The molecule has 3 rings (SSSR count). The molecule has 1 aliphatic heterocycles. The number of hydrogen-bond acceptors (Lipinski definition) is 3. The SMILES string of the molecule is NC(CCN1CCN(C2CCCC2)CC1)C1CC1.